The fourth-order valence-electron chi connectivity index (χ4n) is 1.49. The van der Waals surface area contributed by atoms with Gasteiger partial charge in [0, 0.05) is 20.3 Å². The van der Waals surface area contributed by atoms with Crippen molar-refractivity contribution < 1.29 is 8.42 Å². The zero-order chi connectivity index (χ0) is 14.0. The quantitative estimate of drug-likeness (QED) is 0.766. The van der Waals surface area contributed by atoms with E-state index < -0.39 is 10.0 Å². The molecule has 2 aromatic carbocycles. The van der Waals surface area contributed by atoms with Crippen LogP contribution >= 0.6 is 31.9 Å². The molecule has 0 amide bonds. The fraction of sp³-hybridized carbons (Fsp3) is 0. The Morgan fingerprint density at radius 3 is 2.47 bits per heavy atom. The van der Waals surface area contributed by atoms with Gasteiger partial charge in [0.15, 0.2) is 0 Å². The van der Waals surface area contributed by atoms with Crippen LogP contribution in [0.15, 0.2) is 56.3 Å². The van der Waals surface area contributed by atoms with Gasteiger partial charge in [-0.2, -0.15) is 0 Å². The van der Waals surface area contributed by atoms with Crippen LogP contribution in [0.25, 0.3) is 0 Å². The monoisotopic (exact) mass is 404 g/mol. The smallest absolute Gasteiger partial charge is 0.263 e. The van der Waals surface area contributed by atoms with Crippen molar-refractivity contribution in [3.63, 3.8) is 0 Å². The van der Waals surface area contributed by atoms with Crippen LogP contribution in [0.5, 0.6) is 0 Å². The van der Waals surface area contributed by atoms with Gasteiger partial charge < -0.3 is 5.73 Å². The molecule has 0 aliphatic rings. The van der Waals surface area contributed by atoms with Gasteiger partial charge >= 0.3 is 0 Å². The number of halogens is 2. The van der Waals surface area contributed by atoms with E-state index in [0.717, 1.165) is 4.47 Å². The Bertz CT molecular complexity index is 717. The molecular weight excluding hydrogens is 396 g/mol. The van der Waals surface area contributed by atoms with Gasteiger partial charge in [-0.25, -0.2) is 8.42 Å². The van der Waals surface area contributed by atoms with Crippen molar-refractivity contribution in [1.82, 2.24) is 0 Å². The van der Waals surface area contributed by atoms with Crippen LogP contribution in [-0.2, 0) is 10.0 Å². The summed E-state index contributed by atoms with van der Waals surface area (Å²) in [4.78, 5) is 0.104. The third-order valence-electron chi connectivity index (χ3n) is 2.32. The van der Waals surface area contributed by atoms with E-state index in [2.05, 4.69) is 36.6 Å². The molecule has 0 heterocycles. The molecule has 4 nitrogen and oxygen atoms in total. The third-order valence-corrected chi connectivity index (χ3v) is 5.19. The van der Waals surface area contributed by atoms with Crippen LogP contribution in [-0.4, -0.2) is 8.42 Å². The molecule has 0 unspecified atom stereocenters. The van der Waals surface area contributed by atoms with E-state index in [-0.39, 0.29) is 4.90 Å². The molecule has 0 aliphatic heterocycles. The maximum Gasteiger partial charge on any atom is 0.263 e. The highest BCUT2D eigenvalue weighted by molar-refractivity contribution is 9.10. The highest BCUT2D eigenvalue weighted by Gasteiger charge is 2.18. The first-order valence-corrected chi connectivity index (χ1v) is 8.29. The molecule has 3 N–H and O–H groups in total. The highest BCUT2D eigenvalue weighted by Crippen LogP contribution is 2.26. The molecule has 0 radical (unpaired) electrons. The highest BCUT2D eigenvalue weighted by atomic mass is 79.9. The predicted molar refractivity (Wildman–Crippen MR) is 83.5 cm³/mol. The predicted octanol–water partition coefficient (Wildman–Crippen LogP) is 3.59. The normalized spacial score (nSPS) is 11.3. The molecule has 7 heteroatoms. The zero-order valence-corrected chi connectivity index (χ0v) is 13.6. The van der Waals surface area contributed by atoms with Gasteiger partial charge in [-0.1, -0.05) is 22.0 Å². The molecule has 19 heavy (non-hydrogen) atoms. The maximum atomic E-state index is 12.3. The standard InChI is InChI=1S/C12H10Br2N2O2S/c13-8-2-1-3-10(6-8)16-19(17,18)12-7-9(15)4-5-11(12)14/h1-7,16H,15H2. The van der Waals surface area contributed by atoms with E-state index in [1.165, 1.54) is 6.07 Å². The molecule has 0 spiro atoms. The Morgan fingerprint density at radius 2 is 1.79 bits per heavy atom. The molecule has 0 aromatic heterocycles. The summed E-state index contributed by atoms with van der Waals surface area (Å²) in [6, 6.07) is 11.5. The molecule has 0 aliphatic carbocycles. The van der Waals surface area contributed by atoms with Crippen LogP contribution in [0.2, 0.25) is 0 Å². The average molecular weight is 406 g/mol. The van der Waals surface area contributed by atoms with Crippen LogP contribution < -0.4 is 10.5 Å². The van der Waals surface area contributed by atoms with E-state index in [4.69, 9.17) is 5.73 Å². The van der Waals surface area contributed by atoms with Crippen molar-refractivity contribution in [2.24, 2.45) is 0 Å². The van der Waals surface area contributed by atoms with E-state index >= 15 is 0 Å². The molecule has 0 fully saturated rings. The van der Waals surface area contributed by atoms with Crippen molar-refractivity contribution >= 4 is 53.3 Å². The molecule has 0 bridgehead atoms. The number of rotatable bonds is 3. The minimum atomic E-state index is -3.68. The third kappa shape index (κ3) is 3.49. The summed E-state index contributed by atoms with van der Waals surface area (Å²) in [5, 5.41) is 0. The minimum Gasteiger partial charge on any atom is -0.399 e. The Labute approximate surface area is 128 Å². The maximum absolute atomic E-state index is 12.3. The van der Waals surface area contributed by atoms with Crippen molar-refractivity contribution in [3.8, 4) is 0 Å². The van der Waals surface area contributed by atoms with Crippen molar-refractivity contribution in [2.75, 3.05) is 10.5 Å². The zero-order valence-electron chi connectivity index (χ0n) is 9.60. The Hall–Kier alpha value is -1.05. The van der Waals surface area contributed by atoms with E-state index in [9.17, 15) is 8.42 Å². The minimum absolute atomic E-state index is 0.104. The number of hydrogen-bond donors (Lipinski definition) is 2. The van der Waals surface area contributed by atoms with Crippen molar-refractivity contribution in [3.05, 3.63) is 51.4 Å². The SMILES string of the molecule is Nc1ccc(Br)c(S(=O)(=O)Nc2cccc(Br)c2)c1. The lowest BCUT2D eigenvalue weighted by Crippen LogP contribution is -2.13. The van der Waals surface area contributed by atoms with E-state index in [0.29, 0.717) is 15.8 Å². The largest absolute Gasteiger partial charge is 0.399 e. The number of nitrogen functional groups attached to an aromatic ring is 1. The second kappa shape index (κ2) is 5.52. The molecule has 100 valence electrons. The summed E-state index contributed by atoms with van der Waals surface area (Å²) in [7, 11) is -3.68. The fourth-order valence-corrected chi connectivity index (χ4v) is 3.94. The molecule has 0 atom stereocenters. The first kappa shape index (κ1) is 14.4. The van der Waals surface area contributed by atoms with Gasteiger partial charge in [0.2, 0.25) is 0 Å². The van der Waals surface area contributed by atoms with Gasteiger partial charge in [0.1, 0.15) is 4.90 Å². The molecule has 0 saturated carbocycles. The van der Waals surface area contributed by atoms with E-state index in [1.807, 2.05) is 6.07 Å². The van der Waals surface area contributed by atoms with Crippen LogP contribution in [0.1, 0.15) is 0 Å². The first-order valence-electron chi connectivity index (χ1n) is 5.22. The molecule has 2 aromatic rings. The summed E-state index contributed by atoms with van der Waals surface area (Å²) in [6.45, 7) is 0. The molecule has 0 saturated heterocycles. The molecule has 2 rings (SSSR count). The number of anilines is 2. The van der Waals surface area contributed by atoms with Gasteiger partial charge in [-0.05, 0) is 52.3 Å². The summed E-state index contributed by atoms with van der Waals surface area (Å²) in [5.41, 5.74) is 6.48. The van der Waals surface area contributed by atoms with Crippen LogP contribution in [0.3, 0.4) is 0 Å². The second-order valence-electron chi connectivity index (χ2n) is 3.81. The second-order valence-corrected chi connectivity index (χ2v) is 7.23. The summed E-state index contributed by atoms with van der Waals surface area (Å²) in [5.74, 6) is 0. The number of nitrogens with one attached hydrogen (secondary N) is 1. The first-order chi connectivity index (χ1) is 8.88. The number of benzene rings is 2. The Balaban J connectivity index is 2.40. The summed E-state index contributed by atoms with van der Waals surface area (Å²) >= 11 is 6.50. The lowest BCUT2D eigenvalue weighted by Gasteiger charge is -2.10. The van der Waals surface area contributed by atoms with Crippen molar-refractivity contribution in [2.45, 2.75) is 4.90 Å². The lowest BCUT2D eigenvalue weighted by atomic mass is 10.3. The Kier molecular flexibility index (Phi) is 4.17. The van der Waals surface area contributed by atoms with Gasteiger partial charge in [0.25, 0.3) is 10.0 Å². The number of sulfonamides is 1. The number of hydrogen-bond acceptors (Lipinski definition) is 3. The topological polar surface area (TPSA) is 72.2 Å². The van der Waals surface area contributed by atoms with Crippen molar-refractivity contribution in [1.29, 1.82) is 0 Å². The Morgan fingerprint density at radius 1 is 1.05 bits per heavy atom. The van der Waals surface area contributed by atoms with Gasteiger partial charge in [-0.15, -0.1) is 0 Å². The average Bonchev–Trinajstić information content (AvgIpc) is 2.31. The summed E-state index contributed by atoms with van der Waals surface area (Å²) < 4.78 is 28.3. The van der Waals surface area contributed by atoms with Crippen LogP contribution in [0.4, 0.5) is 11.4 Å². The van der Waals surface area contributed by atoms with Gasteiger partial charge in [-0.3, -0.25) is 4.72 Å². The molecular formula is C12H10Br2N2O2S. The lowest BCUT2D eigenvalue weighted by molar-refractivity contribution is 0.601. The van der Waals surface area contributed by atoms with Gasteiger partial charge in [0.05, 0.1) is 0 Å². The summed E-state index contributed by atoms with van der Waals surface area (Å²) in [6.07, 6.45) is 0. The van der Waals surface area contributed by atoms with Crippen LogP contribution in [0, 0.1) is 0 Å². The van der Waals surface area contributed by atoms with E-state index in [1.54, 1.807) is 30.3 Å². The number of nitrogens with two attached hydrogens (primary N) is 1.